The lowest BCUT2D eigenvalue weighted by Gasteiger charge is -2.10. The van der Waals surface area contributed by atoms with Crippen LogP contribution in [-0.4, -0.2) is 6.54 Å². The molecule has 0 amide bonds. The Morgan fingerprint density at radius 2 is 2.06 bits per heavy atom. The third-order valence-corrected chi connectivity index (χ3v) is 3.87. The molecule has 17 heavy (non-hydrogen) atoms. The van der Waals surface area contributed by atoms with Crippen molar-refractivity contribution < 1.29 is 0 Å². The molecule has 0 saturated carbocycles. The molecule has 1 aromatic carbocycles. The minimum absolute atomic E-state index is 0.797. The van der Waals surface area contributed by atoms with Crippen molar-refractivity contribution in [3.05, 3.63) is 45.1 Å². The van der Waals surface area contributed by atoms with Gasteiger partial charge in [0.1, 0.15) is 0 Å². The first kappa shape index (κ1) is 12.6. The Kier molecular flexibility index (Phi) is 4.21. The van der Waals surface area contributed by atoms with Crippen LogP contribution in [0.15, 0.2) is 29.6 Å². The zero-order valence-electron chi connectivity index (χ0n) is 10.1. The molecule has 0 atom stereocenters. The Morgan fingerprint density at radius 1 is 1.24 bits per heavy atom. The molecular formula is C14H16ClNS. The highest BCUT2D eigenvalue weighted by Gasteiger charge is 2.09. The third kappa shape index (κ3) is 2.89. The second-order valence-electron chi connectivity index (χ2n) is 3.97. The van der Waals surface area contributed by atoms with Crippen LogP contribution in [0.2, 0.25) is 5.02 Å². The van der Waals surface area contributed by atoms with Gasteiger partial charge in [-0.15, -0.1) is 11.3 Å². The molecule has 1 aromatic heterocycles. The highest BCUT2D eigenvalue weighted by molar-refractivity contribution is 7.10. The molecule has 0 fully saturated rings. The molecule has 0 aliphatic carbocycles. The van der Waals surface area contributed by atoms with Crippen LogP contribution >= 0.6 is 22.9 Å². The van der Waals surface area contributed by atoms with Crippen LogP contribution < -0.4 is 5.32 Å². The maximum atomic E-state index is 6.10. The van der Waals surface area contributed by atoms with Crippen molar-refractivity contribution >= 4 is 22.9 Å². The number of hydrogen-bond acceptors (Lipinski definition) is 2. The van der Waals surface area contributed by atoms with E-state index in [2.05, 4.69) is 42.7 Å². The van der Waals surface area contributed by atoms with E-state index in [1.165, 1.54) is 21.6 Å². The summed E-state index contributed by atoms with van der Waals surface area (Å²) >= 11 is 7.88. The maximum absolute atomic E-state index is 6.10. The molecule has 90 valence electrons. The van der Waals surface area contributed by atoms with Crippen molar-refractivity contribution in [3.8, 4) is 11.1 Å². The summed E-state index contributed by atoms with van der Waals surface area (Å²) in [5.74, 6) is 0. The maximum Gasteiger partial charge on any atom is 0.0412 e. The van der Waals surface area contributed by atoms with Gasteiger partial charge in [-0.05, 0) is 53.7 Å². The van der Waals surface area contributed by atoms with Gasteiger partial charge in [0.25, 0.3) is 0 Å². The summed E-state index contributed by atoms with van der Waals surface area (Å²) < 4.78 is 0. The van der Waals surface area contributed by atoms with E-state index in [1.54, 1.807) is 11.3 Å². The Bertz CT molecular complexity index is 505. The van der Waals surface area contributed by atoms with Gasteiger partial charge in [0.15, 0.2) is 0 Å². The predicted molar refractivity (Wildman–Crippen MR) is 76.9 cm³/mol. The Morgan fingerprint density at radius 3 is 2.71 bits per heavy atom. The summed E-state index contributed by atoms with van der Waals surface area (Å²) in [6, 6.07) is 8.29. The normalized spacial score (nSPS) is 10.8. The van der Waals surface area contributed by atoms with Gasteiger partial charge >= 0.3 is 0 Å². The van der Waals surface area contributed by atoms with E-state index >= 15 is 0 Å². The van der Waals surface area contributed by atoms with Crippen molar-refractivity contribution in [3.63, 3.8) is 0 Å². The van der Waals surface area contributed by atoms with Crippen LogP contribution in [0, 0.1) is 6.92 Å². The van der Waals surface area contributed by atoms with E-state index in [0.29, 0.717) is 0 Å². The number of thiophene rings is 1. The monoisotopic (exact) mass is 265 g/mol. The van der Waals surface area contributed by atoms with E-state index < -0.39 is 0 Å². The Balaban J connectivity index is 2.43. The second kappa shape index (κ2) is 5.67. The lowest BCUT2D eigenvalue weighted by molar-refractivity contribution is 0.728. The minimum Gasteiger partial charge on any atom is -0.313 e. The first-order valence-corrected chi connectivity index (χ1v) is 7.01. The van der Waals surface area contributed by atoms with Gasteiger partial charge in [-0.25, -0.2) is 0 Å². The van der Waals surface area contributed by atoms with Crippen molar-refractivity contribution in [2.45, 2.75) is 20.4 Å². The van der Waals surface area contributed by atoms with E-state index in [0.717, 1.165) is 18.1 Å². The summed E-state index contributed by atoms with van der Waals surface area (Å²) in [6.45, 7) is 6.13. The molecule has 3 heteroatoms. The third-order valence-electron chi connectivity index (χ3n) is 2.79. The molecule has 0 aliphatic rings. The molecule has 0 spiro atoms. The van der Waals surface area contributed by atoms with Gasteiger partial charge in [-0.3, -0.25) is 0 Å². The number of aryl methyl sites for hydroxylation is 1. The predicted octanol–water partition coefficient (Wildman–Crippen LogP) is 4.49. The van der Waals surface area contributed by atoms with E-state index in [1.807, 2.05) is 6.07 Å². The van der Waals surface area contributed by atoms with Crippen molar-refractivity contribution in [1.29, 1.82) is 0 Å². The highest BCUT2D eigenvalue weighted by Crippen LogP contribution is 2.32. The second-order valence-corrected chi connectivity index (χ2v) is 5.53. The molecule has 2 rings (SSSR count). The molecule has 0 aliphatic heterocycles. The summed E-state index contributed by atoms with van der Waals surface area (Å²) in [6.07, 6.45) is 0. The van der Waals surface area contributed by atoms with Crippen LogP contribution in [0.25, 0.3) is 11.1 Å². The first-order valence-electron chi connectivity index (χ1n) is 5.76. The SMILES string of the molecule is CCNCc1ccc(Cl)cc1-c1ccsc1C. The highest BCUT2D eigenvalue weighted by atomic mass is 35.5. The van der Waals surface area contributed by atoms with Crippen LogP contribution in [-0.2, 0) is 6.54 Å². The Hall–Kier alpha value is -0.830. The largest absolute Gasteiger partial charge is 0.313 e. The van der Waals surface area contributed by atoms with Crippen molar-refractivity contribution in [2.75, 3.05) is 6.54 Å². The average Bonchev–Trinajstić information content (AvgIpc) is 2.74. The number of nitrogens with one attached hydrogen (secondary N) is 1. The fourth-order valence-electron chi connectivity index (χ4n) is 1.88. The quantitative estimate of drug-likeness (QED) is 0.859. The molecule has 1 heterocycles. The fraction of sp³-hybridized carbons (Fsp3) is 0.286. The molecule has 0 radical (unpaired) electrons. The standard InChI is InChI=1S/C14H16ClNS/c1-3-16-9-11-4-5-12(15)8-14(11)13-6-7-17-10(13)2/h4-8,16H,3,9H2,1-2H3. The van der Waals surface area contributed by atoms with Gasteiger partial charge < -0.3 is 5.32 Å². The average molecular weight is 266 g/mol. The summed E-state index contributed by atoms with van der Waals surface area (Å²) in [4.78, 5) is 1.34. The van der Waals surface area contributed by atoms with Gasteiger partial charge in [0.05, 0.1) is 0 Å². The van der Waals surface area contributed by atoms with E-state index in [9.17, 15) is 0 Å². The van der Waals surface area contributed by atoms with E-state index in [4.69, 9.17) is 11.6 Å². The van der Waals surface area contributed by atoms with Crippen LogP contribution in [0.1, 0.15) is 17.4 Å². The van der Waals surface area contributed by atoms with Crippen LogP contribution in [0.4, 0.5) is 0 Å². The van der Waals surface area contributed by atoms with Crippen molar-refractivity contribution in [2.24, 2.45) is 0 Å². The minimum atomic E-state index is 0.797. The Labute approximate surface area is 111 Å². The molecule has 1 nitrogen and oxygen atoms in total. The van der Waals surface area contributed by atoms with Crippen LogP contribution in [0.5, 0.6) is 0 Å². The van der Waals surface area contributed by atoms with Crippen molar-refractivity contribution in [1.82, 2.24) is 5.32 Å². The smallest absolute Gasteiger partial charge is 0.0412 e. The summed E-state index contributed by atoms with van der Waals surface area (Å²) in [5, 5.41) is 6.29. The number of rotatable bonds is 4. The zero-order chi connectivity index (χ0) is 12.3. The summed E-state index contributed by atoms with van der Waals surface area (Å²) in [7, 11) is 0. The fourth-order valence-corrected chi connectivity index (χ4v) is 2.76. The van der Waals surface area contributed by atoms with Gasteiger partial charge in [-0.2, -0.15) is 0 Å². The number of hydrogen-bond donors (Lipinski definition) is 1. The lowest BCUT2D eigenvalue weighted by atomic mass is 10.0. The summed E-state index contributed by atoms with van der Waals surface area (Å²) in [5.41, 5.74) is 3.85. The van der Waals surface area contributed by atoms with Gasteiger partial charge in [0.2, 0.25) is 0 Å². The molecule has 0 saturated heterocycles. The van der Waals surface area contributed by atoms with Gasteiger partial charge in [0, 0.05) is 16.4 Å². The molecule has 0 bridgehead atoms. The van der Waals surface area contributed by atoms with E-state index in [-0.39, 0.29) is 0 Å². The van der Waals surface area contributed by atoms with Gasteiger partial charge in [-0.1, -0.05) is 24.6 Å². The molecular weight excluding hydrogens is 250 g/mol. The lowest BCUT2D eigenvalue weighted by Crippen LogP contribution is -2.12. The number of benzene rings is 1. The molecule has 1 N–H and O–H groups in total. The molecule has 0 unspecified atom stereocenters. The van der Waals surface area contributed by atoms with Crippen LogP contribution in [0.3, 0.4) is 0 Å². The molecule has 2 aromatic rings. The zero-order valence-corrected chi connectivity index (χ0v) is 11.7. The number of halogens is 1. The topological polar surface area (TPSA) is 12.0 Å². The first-order chi connectivity index (χ1) is 8.22.